The number of aromatic nitrogens is 4. The highest BCUT2D eigenvalue weighted by Crippen LogP contribution is 2.25. The number of amides is 2. The van der Waals surface area contributed by atoms with E-state index in [4.69, 9.17) is 0 Å². The van der Waals surface area contributed by atoms with Gasteiger partial charge in [0.1, 0.15) is 11.3 Å². The second kappa shape index (κ2) is 8.14. The smallest absolute Gasteiger partial charge is 0.319 e. The average Bonchev–Trinajstić information content (AvgIpc) is 3.15. The maximum absolute atomic E-state index is 12.7. The number of nitrogens with one attached hydrogen (secondary N) is 4. The summed E-state index contributed by atoms with van der Waals surface area (Å²) in [5.41, 5.74) is 3.20. The molecular weight excluding hydrogens is 368 g/mol. The molecular formula is C21H22N6O2. The molecule has 0 aliphatic rings. The van der Waals surface area contributed by atoms with Gasteiger partial charge >= 0.3 is 6.03 Å². The van der Waals surface area contributed by atoms with Crippen molar-refractivity contribution in [3.63, 3.8) is 0 Å². The monoisotopic (exact) mass is 390 g/mol. The summed E-state index contributed by atoms with van der Waals surface area (Å²) in [6, 6.07) is 8.69. The lowest BCUT2D eigenvalue weighted by atomic mass is 10.1. The van der Waals surface area contributed by atoms with Gasteiger partial charge < -0.3 is 20.6 Å². The van der Waals surface area contributed by atoms with Crippen LogP contribution in [0.2, 0.25) is 0 Å². The van der Waals surface area contributed by atoms with Crippen LogP contribution in [0.5, 0.6) is 0 Å². The number of urea groups is 1. The van der Waals surface area contributed by atoms with Crippen molar-refractivity contribution in [1.29, 1.82) is 0 Å². The van der Waals surface area contributed by atoms with E-state index < -0.39 is 0 Å². The Kier molecular flexibility index (Phi) is 5.24. The SMILES string of the molecule is CCCCCNC(=O)Nc1ccc2nc(-c3c[nH]c4ncccc34)c(=O)[nH]c2c1. The lowest BCUT2D eigenvalue weighted by Gasteiger charge is -2.08. The highest BCUT2D eigenvalue weighted by Gasteiger charge is 2.13. The van der Waals surface area contributed by atoms with Gasteiger partial charge in [-0.3, -0.25) is 4.79 Å². The Hall–Kier alpha value is -3.68. The molecule has 0 atom stereocenters. The number of rotatable bonds is 6. The van der Waals surface area contributed by atoms with E-state index in [0.29, 0.717) is 40.2 Å². The standard InChI is InChI=1S/C21H22N6O2/c1-2-3-4-9-23-21(29)25-13-7-8-16-17(11-13)27-20(28)18(26-16)15-12-24-19-14(15)6-5-10-22-19/h5-8,10-12H,2-4,9H2,1H3,(H,22,24)(H,27,28)(H2,23,25,29). The lowest BCUT2D eigenvalue weighted by Crippen LogP contribution is -2.29. The molecule has 0 aliphatic heterocycles. The minimum absolute atomic E-state index is 0.265. The number of carbonyl (C=O) groups is 1. The van der Waals surface area contributed by atoms with E-state index in [2.05, 4.69) is 37.5 Å². The summed E-state index contributed by atoms with van der Waals surface area (Å²) in [5.74, 6) is 0. The normalized spacial score (nSPS) is 11.1. The number of nitrogens with zero attached hydrogens (tertiary/aromatic N) is 2. The van der Waals surface area contributed by atoms with Crippen LogP contribution in [0.25, 0.3) is 33.3 Å². The van der Waals surface area contributed by atoms with Crippen LogP contribution in [0, 0.1) is 0 Å². The molecule has 29 heavy (non-hydrogen) atoms. The Balaban J connectivity index is 1.59. The van der Waals surface area contributed by atoms with Crippen LogP contribution >= 0.6 is 0 Å². The van der Waals surface area contributed by atoms with Crippen molar-refractivity contribution in [1.82, 2.24) is 25.3 Å². The fourth-order valence-electron chi connectivity index (χ4n) is 3.25. The molecule has 0 spiro atoms. The first-order chi connectivity index (χ1) is 14.2. The average molecular weight is 390 g/mol. The van der Waals surface area contributed by atoms with Crippen LogP contribution in [0.15, 0.2) is 47.5 Å². The third kappa shape index (κ3) is 3.96. The number of H-pyrrole nitrogens is 2. The minimum atomic E-state index is -0.302. The first-order valence-electron chi connectivity index (χ1n) is 9.67. The Morgan fingerprint density at radius 1 is 1.21 bits per heavy atom. The number of aromatic amines is 2. The van der Waals surface area contributed by atoms with E-state index >= 15 is 0 Å². The zero-order valence-corrected chi connectivity index (χ0v) is 16.1. The molecule has 8 nitrogen and oxygen atoms in total. The number of benzene rings is 1. The van der Waals surface area contributed by atoms with Crippen molar-refractivity contribution < 1.29 is 4.79 Å². The van der Waals surface area contributed by atoms with Crippen molar-refractivity contribution in [2.45, 2.75) is 26.2 Å². The van der Waals surface area contributed by atoms with E-state index in [0.717, 1.165) is 24.6 Å². The fraction of sp³-hybridized carbons (Fsp3) is 0.238. The second-order valence-electron chi connectivity index (χ2n) is 6.84. The van der Waals surface area contributed by atoms with Gasteiger partial charge in [0.25, 0.3) is 5.56 Å². The zero-order chi connectivity index (χ0) is 20.2. The number of anilines is 1. The quantitative estimate of drug-likeness (QED) is 0.375. The summed E-state index contributed by atoms with van der Waals surface area (Å²) in [7, 11) is 0. The maximum atomic E-state index is 12.7. The molecule has 0 saturated carbocycles. The van der Waals surface area contributed by atoms with Crippen LogP contribution in [-0.4, -0.2) is 32.5 Å². The molecule has 4 N–H and O–H groups in total. The van der Waals surface area contributed by atoms with Crippen LogP contribution in [0.1, 0.15) is 26.2 Å². The predicted molar refractivity (Wildman–Crippen MR) is 114 cm³/mol. The van der Waals surface area contributed by atoms with Gasteiger partial charge in [-0.15, -0.1) is 0 Å². The highest BCUT2D eigenvalue weighted by atomic mass is 16.2. The highest BCUT2D eigenvalue weighted by molar-refractivity contribution is 5.94. The van der Waals surface area contributed by atoms with Crippen molar-refractivity contribution in [3.05, 3.63) is 53.1 Å². The molecule has 4 aromatic rings. The Labute approximate surface area is 166 Å². The fourth-order valence-corrected chi connectivity index (χ4v) is 3.25. The van der Waals surface area contributed by atoms with Crippen LogP contribution in [0.4, 0.5) is 10.5 Å². The molecule has 0 aliphatic carbocycles. The van der Waals surface area contributed by atoms with E-state index in [1.54, 1.807) is 30.6 Å². The molecule has 0 radical (unpaired) electrons. The number of pyridine rings is 1. The van der Waals surface area contributed by atoms with Crippen molar-refractivity contribution in [2.75, 3.05) is 11.9 Å². The third-order valence-corrected chi connectivity index (χ3v) is 4.72. The first-order valence-corrected chi connectivity index (χ1v) is 9.67. The maximum Gasteiger partial charge on any atom is 0.319 e. The number of unbranched alkanes of at least 4 members (excludes halogenated alkanes) is 2. The zero-order valence-electron chi connectivity index (χ0n) is 16.1. The molecule has 0 bridgehead atoms. The predicted octanol–water partition coefficient (Wildman–Crippen LogP) is 3.78. The van der Waals surface area contributed by atoms with Crippen LogP contribution < -0.4 is 16.2 Å². The van der Waals surface area contributed by atoms with Gasteiger partial charge in [0.05, 0.1) is 11.0 Å². The molecule has 0 saturated heterocycles. The Morgan fingerprint density at radius 2 is 2.10 bits per heavy atom. The largest absolute Gasteiger partial charge is 0.345 e. The van der Waals surface area contributed by atoms with Crippen molar-refractivity contribution in [2.24, 2.45) is 0 Å². The molecule has 1 aromatic carbocycles. The molecule has 4 rings (SSSR count). The van der Waals surface area contributed by atoms with E-state index in [1.807, 2.05) is 12.1 Å². The summed E-state index contributed by atoms with van der Waals surface area (Å²) >= 11 is 0. The van der Waals surface area contributed by atoms with Crippen LogP contribution in [0.3, 0.4) is 0 Å². The summed E-state index contributed by atoms with van der Waals surface area (Å²) in [4.78, 5) is 39.4. The number of hydrogen-bond donors (Lipinski definition) is 4. The topological polar surface area (TPSA) is 116 Å². The second-order valence-corrected chi connectivity index (χ2v) is 6.84. The molecule has 0 fully saturated rings. The summed E-state index contributed by atoms with van der Waals surface area (Å²) in [6.45, 7) is 2.75. The van der Waals surface area contributed by atoms with Gasteiger partial charge in [0.15, 0.2) is 0 Å². The molecule has 0 unspecified atom stereocenters. The van der Waals surface area contributed by atoms with E-state index in [-0.39, 0.29) is 11.6 Å². The molecule has 3 heterocycles. The number of fused-ring (bicyclic) bond motifs is 2. The summed E-state index contributed by atoms with van der Waals surface area (Å²) in [6.07, 6.45) is 6.56. The van der Waals surface area contributed by atoms with Crippen molar-refractivity contribution >= 4 is 33.8 Å². The van der Waals surface area contributed by atoms with Gasteiger partial charge in [-0.25, -0.2) is 14.8 Å². The molecule has 3 aromatic heterocycles. The Morgan fingerprint density at radius 3 is 2.97 bits per heavy atom. The number of hydrogen-bond acceptors (Lipinski definition) is 4. The van der Waals surface area contributed by atoms with Gasteiger partial charge in [-0.2, -0.15) is 0 Å². The van der Waals surface area contributed by atoms with Gasteiger partial charge in [0, 0.05) is 35.6 Å². The van der Waals surface area contributed by atoms with E-state index in [9.17, 15) is 9.59 Å². The van der Waals surface area contributed by atoms with Crippen LogP contribution in [-0.2, 0) is 0 Å². The number of carbonyl (C=O) groups excluding carboxylic acids is 1. The van der Waals surface area contributed by atoms with Gasteiger partial charge in [0.2, 0.25) is 0 Å². The van der Waals surface area contributed by atoms with E-state index in [1.165, 1.54) is 0 Å². The molecule has 2 amide bonds. The molecule has 8 heteroatoms. The summed E-state index contributed by atoms with van der Waals surface area (Å²) in [5, 5.41) is 6.44. The Bertz CT molecular complexity index is 1230. The molecule has 148 valence electrons. The van der Waals surface area contributed by atoms with Gasteiger partial charge in [-0.05, 0) is 36.8 Å². The van der Waals surface area contributed by atoms with Gasteiger partial charge in [-0.1, -0.05) is 19.8 Å². The lowest BCUT2D eigenvalue weighted by molar-refractivity contribution is 0.252. The minimum Gasteiger partial charge on any atom is -0.345 e. The van der Waals surface area contributed by atoms with Crippen molar-refractivity contribution in [3.8, 4) is 11.3 Å². The first kappa shape index (κ1) is 18.7. The summed E-state index contributed by atoms with van der Waals surface area (Å²) < 4.78 is 0. The third-order valence-electron chi connectivity index (χ3n) is 4.72.